The van der Waals surface area contributed by atoms with E-state index in [0.29, 0.717) is 19.8 Å². The lowest BCUT2D eigenvalue weighted by molar-refractivity contribution is 0.171. The van der Waals surface area contributed by atoms with E-state index in [4.69, 9.17) is 9.47 Å². The predicted octanol–water partition coefficient (Wildman–Crippen LogP) is 2.10. The number of benzene rings is 1. The molecule has 2 N–H and O–H groups in total. The molecule has 0 saturated heterocycles. The third-order valence-corrected chi connectivity index (χ3v) is 2.78. The Bertz CT molecular complexity index is 551. The summed E-state index contributed by atoms with van der Waals surface area (Å²) in [6.45, 7) is 3.87. The fourth-order valence-corrected chi connectivity index (χ4v) is 1.91. The highest BCUT2D eigenvalue weighted by atomic mass is 16.6. The van der Waals surface area contributed by atoms with Crippen LogP contribution in [0.5, 0.6) is 11.5 Å². The average Bonchev–Trinajstić information content (AvgIpc) is 2.82. The van der Waals surface area contributed by atoms with E-state index >= 15 is 0 Å². The first-order chi connectivity index (χ1) is 8.81. The zero-order valence-electron chi connectivity index (χ0n) is 10.2. The summed E-state index contributed by atoms with van der Waals surface area (Å²) < 4.78 is 11.0. The van der Waals surface area contributed by atoms with Gasteiger partial charge in [0, 0.05) is 11.8 Å². The Morgan fingerprint density at radius 1 is 1.28 bits per heavy atom. The van der Waals surface area contributed by atoms with Gasteiger partial charge in [-0.3, -0.25) is 0 Å². The molecule has 2 heterocycles. The van der Waals surface area contributed by atoms with Crippen LogP contribution in [0.15, 0.2) is 24.4 Å². The van der Waals surface area contributed by atoms with Crippen LogP contribution in [-0.4, -0.2) is 23.2 Å². The van der Waals surface area contributed by atoms with Crippen molar-refractivity contribution >= 4 is 5.69 Å². The zero-order chi connectivity index (χ0) is 12.4. The Balaban J connectivity index is 1.69. The molecule has 0 spiro atoms. The average molecular weight is 245 g/mol. The Morgan fingerprint density at radius 2 is 2.11 bits per heavy atom. The Hall–Kier alpha value is -2.17. The van der Waals surface area contributed by atoms with Gasteiger partial charge in [0.2, 0.25) is 0 Å². The summed E-state index contributed by atoms with van der Waals surface area (Å²) in [5.74, 6) is 2.53. The first-order valence-corrected chi connectivity index (χ1v) is 5.95. The minimum atomic E-state index is 0.607. The standard InChI is InChI=1S/C13H15N3O2/c1-9-14-7-11(16-9)8-15-10-2-3-12-13(6-10)18-5-4-17-12/h2-3,6-7,15H,4-5,8H2,1H3,(H,14,16). The molecule has 1 aromatic carbocycles. The molecule has 0 atom stereocenters. The van der Waals surface area contributed by atoms with Gasteiger partial charge in [-0.15, -0.1) is 0 Å². The van der Waals surface area contributed by atoms with Gasteiger partial charge in [-0.25, -0.2) is 4.98 Å². The highest BCUT2D eigenvalue weighted by Gasteiger charge is 2.11. The number of imidazole rings is 1. The molecule has 0 unspecified atom stereocenters. The quantitative estimate of drug-likeness (QED) is 0.869. The number of rotatable bonds is 3. The van der Waals surface area contributed by atoms with Crippen molar-refractivity contribution in [2.24, 2.45) is 0 Å². The highest BCUT2D eigenvalue weighted by Crippen LogP contribution is 2.32. The molecule has 0 saturated carbocycles. The van der Waals surface area contributed by atoms with Crippen molar-refractivity contribution in [2.45, 2.75) is 13.5 Å². The number of aromatic amines is 1. The smallest absolute Gasteiger partial charge is 0.163 e. The van der Waals surface area contributed by atoms with E-state index in [1.165, 1.54) is 0 Å². The van der Waals surface area contributed by atoms with E-state index in [1.54, 1.807) is 0 Å². The van der Waals surface area contributed by atoms with Crippen LogP contribution >= 0.6 is 0 Å². The molecule has 94 valence electrons. The zero-order valence-corrected chi connectivity index (χ0v) is 10.2. The van der Waals surface area contributed by atoms with Crippen LogP contribution < -0.4 is 14.8 Å². The van der Waals surface area contributed by atoms with Gasteiger partial charge in [0.25, 0.3) is 0 Å². The van der Waals surface area contributed by atoms with E-state index in [9.17, 15) is 0 Å². The second-order valence-corrected chi connectivity index (χ2v) is 4.21. The number of anilines is 1. The number of hydrogen-bond acceptors (Lipinski definition) is 4. The molecule has 1 aromatic heterocycles. The van der Waals surface area contributed by atoms with Gasteiger partial charge in [0.05, 0.1) is 18.4 Å². The third kappa shape index (κ3) is 2.25. The van der Waals surface area contributed by atoms with Crippen LogP contribution in [0.25, 0.3) is 0 Å². The number of ether oxygens (including phenoxy) is 2. The molecule has 1 aliphatic heterocycles. The fraction of sp³-hybridized carbons (Fsp3) is 0.308. The number of hydrogen-bond donors (Lipinski definition) is 2. The van der Waals surface area contributed by atoms with E-state index in [2.05, 4.69) is 15.3 Å². The summed E-state index contributed by atoms with van der Waals surface area (Å²) in [6, 6.07) is 5.86. The van der Waals surface area contributed by atoms with Crippen molar-refractivity contribution in [3.05, 3.63) is 35.9 Å². The molecule has 18 heavy (non-hydrogen) atoms. The molecule has 2 aromatic rings. The van der Waals surface area contributed by atoms with Crippen molar-refractivity contribution < 1.29 is 9.47 Å². The predicted molar refractivity (Wildman–Crippen MR) is 68.1 cm³/mol. The monoisotopic (exact) mass is 245 g/mol. The minimum Gasteiger partial charge on any atom is -0.486 e. The van der Waals surface area contributed by atoms with Crippen LogP contribution in [0.3, 0.4) is 0 Å². The van der Waals surface area contributed by atoms with Crippen LogP contribution in [0.1, 0.15) is 11.5 Å². The molecule has 3 rings (SSSR count). The number of H-pyrrole nitrogens is 1. The first kappa shape index (κ1) is 11.0. The fourth-order valence-electron chi connectivity index (χ4n) is 1.91. The van der Waals surface area contributed by atoms with Gasteiger partial charge in [-0.2, -0.15) is 0 Å². The maximum absolute atomic E-state index is 5.54. The lowest BCUT2D eigenvalue weighted by atomic mass is 10.2. The molecule has 0 aliphatic carbocycles. The second kappa shape index (κ2) is 4.60. The van der Waals surface area contributed by atoms with Gasteiger partial charge >= 0.3 is 0 Å². The van der Waals surface area contributed by atoms with E-state index < -0.39 is 0 Å². The Kier molecular flexibility index (Phi) is 2.80. The summed E-state index contributed by atoms with van der Waals surface area (Å²) in [5, 5.41) is 3.32. The SMILES string of the molecule is Cc1ncc(CNc2ccc3c(c2)OCCO3)[nH]1. The molecule has 0 amide bonds. The van der Waals surface area contributed by atoms with Crippen molar-refractivity contribution in [3.8, 4) is 11.5 Å². The third-order valence-electron chi connectivity index (χ3n) is 2.78. The maximum atomic E-state index is 5.54. The van der Waals surface area contributed by atoms with Crippen molar-refractivity contribution in [1.29, 1.82) is 0 Å². The van der Waals surface area contributed by atoms with Crippen LogP contribution in [0.2, 0.25) is 0 Å². The van der Waals surface area contributed by atoms with Gasteiger partial charge in [-0.1, -0.05) is 0 Å². The molecule has 0 bridgehead atoms. The minimum absolute atomic E-state index is 0.607. The van der Waals surface area contributed by atoms with Crippen LogP contribution in [0.4, 0.5) is 5.69 Å². The summed E-state index contributed by atoms with van der Waals surface area (Å²) >= 11 is 0. The molecule has 5 nitrogen and oxygen atoms in total. The number of fused-ring (bicyclic) bond motifs is 1. The van der Waals surface area contributed by atoms with Crippen LogP contribution in [-0.2, 0) is 6.54 Å². The molecular formula is C13H15N3O2. The Morgan fingerprint density at radius 3 is 2.89 bits per heavy atom. The van der Waals surface area contributed by atoms with Crippen molar-refractivity contribution in [1.82, 2.24) is 9.97 Å². The highest BCUT2D eigenvalue weighted by molar-refractivity contribution is 5.55. The van der Waals surface area contributed by atoms with Gasteiger partial charge < -0.3 is 19.8 Å². The van der Waals surface area contributed by atoms with E-state index in [0.717, 1.165) is 28.7 Å². The van der Waals surface area contributed by atoms with Crippen molar-refractivity contribution in [2.75, 3.05) is 18.5 Å². The molecule has 0 radical (unpaired) electrons. The van der Waals surface area contributed by atoms with E-state index in [1.807, 2.05) is 31.3 Å². The van der Waals surface area contributed by atoms with Gasteiger partial charge in [0.1, 0.15) is 19.0 Å². The lowest BCUT2D eigenvalue weighted by Gasteiger charge is -2.19. The van der Waals surface area contributed by atoms with Crippen molar-refractivity contribution in [3.63, 3.8) is 0 Å². The molecule has 0 fully saturated rings. The summed E-state index contributed by atoms with van der Waals surface area (Å²) in [7, 11) is 0. The number of nitrogens with zero attached hydrogens (tertiary/aromatic N) is 1. The Labute approximate surface area is 105 Å². The molecule has 1 aliphatic rings. The van der Waals surface area contributed by atoms with Gasteiger partial charge in [-0.05, 0) is 19.1 Å². The summed E-state index contributed by atoms with van der Waals surface area (Å²) in [5.41, 5.74) is 2.06. The maximum Gasteiger partial charge on any atom is 0.163 e. The lowest BCUT2D eigenvalue weighted by Crippen LogP contribution is -2.15. The van der Waals surface area contributed by atoms with E-state index in [-0.39, 0.29) is 0 Å². The summed E-state index contributed by atoms with van der Waals surface area (Å²) in [6.07, 6.45) is 1.83. The topological polar surface area (TPSA) is 59.2 Å². The largest absolute Gasteiger partial charge is 0.486 e. The van der Waals surface area contributed by atoms with Gasteiger partial charge in [0.15, 0.2) is 11.5 Å². The first-order valence-electron chi connectivity index (χ1n) is 5.95. The molecule has 5 heteroatoms. The number of nitrogens with one attached hydrogen (secondary N) is 2. The summed E-state index contributed by atoms with van der Waals surface area (Å²) in [4.78, 5) is 7.34. The normalized spacial score (nSPS) is 13.4. The number of aryl methyl sites for hydroxylation is 1. The van der Waals surface area contributed by atoms with Crippen LogP contribution in [0, 0.1) is 6.92 Å². The second-order valence-electron chi connectivity index (χ2n) is 4.21. The number of aromatic nitrogens is 2. The molecular weight excluding hydrogens is 230 g/mol.